The van der Waals surface area contributed by atoms with Crippen molar-refractivity contribution in [1.82, 2.24) is 5.32 Å². The molecule has 0 aromatic heterocycles. The standard InChI is InChI=1S/C12H17NO4/c14-7-9-17-8-6-13-11(12(15)16)10-4-2-1-3-5-10/h1-5,11,13-14H,6-9H2,(H,15,16). The van der Waals surface area contributed by atoms with E-state index in [-0.39, 0.29) is 13.2 Å². The van der Waals surface area contributed by atoms with E-state index in [9.17, 15) is 4.79 Å². The number of aliphatic carboxylic acids is 1. The maximum atomic E-state index is 11.1. The minimum atomic E-state index is -0.918. The minimum absolute atomic E-state index is 0.0267. The molecule has 0 spiro atoms. The Hall–Kier alpha value is -1.43. The van der Waals surface area contributed by atoms with Crippen molar-refractivity contribution in [2.24, 2.45) is 0 Å². The highest BCUT2D eigenvalue weighted by Gasteiger charge is 2.17. The quantitative estimate of drug-likeness (QED) is 0.573. The average molecular weight is 239 g/mol. The lowest BCUT2D eigenvalue weighted by atomic mass is 10.1. The number of carbonyl (C=O) groups is 1. The van der Waals surface area contributed by atoms with Gasteiger partial charge in [-0.3, -0.25) is 10.1 Å². The summed E-state index contributed by atoms with van der Waals surface area (Å²) in [7, 11) is 0. The number of carboxylic acids is 1. The molecule has 0 bridgehead atoms. The molecule has 1 aromatic carbocycles. The molecule has 0 aliphatic heterocycles. The molecule has 0 radical (unpaired) electrons. The number of benzene rings is 1. The van der Waals surface area contributed by atoms with E-state index in [1.165, 1.54) is 0 Å². The van der Waals surface area contributed by atoms with E-state index in [4.69, 9.17) is 14.9 Å². The Kier molecular flexibility index (Phi) is 6.24. The van der Waals surface area contributed by atoms with Crippen molar-refractivity contribution < 1.29 is 19.7 Å². The van der Waals surface area contributed by atoms with E-state index in [0.717, 1.165) is 0 Å². The van der Waals surface area contributed by atoms with Gasteiger partial charge >= 0.3 is 5.97 Å². The number of hydrogen-bond donors (Lipinski definition) is 3. The van der Waals surface area contributed by atoms with Gasteiger partial charge in [-0.1, -0.05) is 30.3 Å². The van der Waals surface area contributed by atoms with Gasteiger partial charge in [0.2, 0.25) is 0 Å². The second kappa shape index (κ2) is 7.78. The normalized spacial score (nSPS) is 12.3. The second-order valence-electron chi connectivity index (χ2n) is 3.47. The van der Waals surface area contributed by atoms with Gasteiger partial charge in [0.25, 0.3) is 0 Å². The monoisotopic (exact) mass is 239 g/mol. The summed E-state index contributed by atoms with van der Waals surface area (Å²) in [6.45, 7) is 1.04. The summed E-state index contributed by atoms with van der Waals surface area (Å²) in [5.74, 6) is -0.918. The van der Waals surface area contributed by atoms with Crippen molar-refractivity contribution in [3.63, 3.8) is 0 Å². The second-order valence-corrected chi connectivity index (χ2v) is 3.47. The first-order chi connectivity index (χ1) is 8.25. The molecule has 1 unspecified atom stereocenters. The van der Waals surface area contributed by atoms with E-state index in [1.807, 2.05) is 6.07 Å². The van der Waals surface area contributed by atoms with Gasteiger partial charge < -0.3 is 14.9 Å². The van der Waals surface area contributed by atoms with Crippen molar-refractivity contribution in [3.05, 3.63) is 35.9 Å². The maximum Gasteiger partial charge on any atom is 0.325 e. The molecule has 0 aliphatic carbocycles. The highest BCUT2D eigenvalue weighted by Crippen LogP contribution is 2.11. The molecule has 0 saturated carbocycles. The Morgan fingerprint density at radius 1 is 1.29 bits per heavy atom. The molecule has 3 N–H and O–H groups in total. The van der Waals surface area contributed by atoms with Crippen LogP contribution < -0.4 is 5.32 Å². The molecule has 0 heterocycles. The Bertz CT molecular complexity index is 329. The van der Waals surface area contributed by atoms with Gasteiger partial charge in [-0.15, -0.1) is 0 Å². The molecule has 1 rings (SSSR count). The smallest absolute Gasteiger partial charge is 0.325 e. The van der Waals surface area contributed by atoms with E-state index in [1.54, 1.807) is 24.3 Å². The van der Waals surface area contributed by atoms with Crippen molar-refractivity contribution in [1.29, 1.82) is 0 Å². The molecule has 1 aromatic rings. The highest BCUT2D eigenvalue weighted by atomic mass is 16.5. The molecule has 1 atom stereocenters. The van der Waals surface area contributed by atoms with E-state index >= 15 is 0 Å². The Morgan fingerprint density at radius 3 is 2.59 bits per heavy atom. The summed E-state index contributed by atoms with van der Waals surface area (Å²) < 4.78 is 5.04. The molecule has 0 fully saturated rings. The largest absolute Gasteiger partial charge is 0.480 e. The molecular weight excluding hydrogens is 222 g/mol. The van der Waals surface area contributed by atoms with Crippen LogP contribution in [0.3, 0.4) is 0 Å². The number of carboxylic acid groups (broad SMARTS) is 1. The maximum absolute atomic E-state index is 11.1. The van der Waals surface area contributed by atoms with Gasteiger partial charge in [-0.2, -0.15) is 0 Å². The molecule has 5 heteroatoms. The van der Waals surface area contributed by atoms with Crippen molar-refractivity contribution in [2.75, 3.05) is 26.4 Å². The summed E-state index contributed by atoms with van der Waals surface area (Å²) in [6.07, 6.45) is 0. The minimum Gasteiger partial charge on any atom is -0.480 e. The topological polar surface area (TPSA) is 78.8 Å². The lowest BCUT2D eigenvalue weighted by molar-refractivity contribution is -0.139. The van der Waals surface area contributed by atoms with Gasteiger partial charge in [0.15, 0.2) is 0 Å². The van der Waals surface area contributed by atoms with Crippen LogP contribution in [0.4, 0.5) is 0 Å². The SMILES string of the molecule is O=C(O)C(NCCOCCO)c1ccccc1. The molecule has 94 valence electrons. The third-order valence-corrected chi connectivity index (χ3v) is 2.21. The van der Waals surface area contributed by atoms with Crippen molar-refractivity contribution in [2.45, 2.75) is 6.04 Å². The summed E-state index contributed by atoms with van der Waals surface area (Å²) >= 11 is 0. The molecule has 0 saturated heterocycles. The molecule has 5 nitrogen and oxygen atoms in total. The van der Waals surface area contributed by atoms with Gasteiger partial charge in [0, 0.05) is 6.54 Å². The number of nitrogens with one attached hydrogen (secondary N) is 1. The van der Waals surface area contributed by atoms with Crippen LogP contribution >= 0.6 is 0 Å². The van der Waals surface area contributed by atoms with E-state index in [2.05, 4.69) is 5.32 Å². The molecular formula is C12H17NO4. The van der Waals surface area contributed by atoms with Gasteiger partial charge in [0.1, 0.15) is 6.04 Å². The summed E-state index contributed by atoms with van der Waals surface area (Å²) in [5.41, 5.74) is 0.710. The number of aliphatic hydroxyl groups is 1. The highest BCUT2D eigenvalue weighted by molar-refractivity contribution is 5.75. The Morgan fingerprint density at radius 2 is 2.00 bits per heavy atom. The summed E-state index contributed by atoms with van der Waals surface area (Å²) in [5, 5.41) is 20.5. The fraction of sp³-hybridized carbons (Fsp3) is 0.417. The van der Waals surface area contributed by atoms with Crippen molar-refractivity contribution in [3.8, 4) is 0 Å². The van der Waals surface area contributed by atoms with Crippen LogP contribution in [-0.4, -0.2) is 42.5 Å². The first-order valence-corrected chi connectivity index (χ1v) is 5.45. The van der Waals surface area contributed by atoms with Crippen molar-refractivity contribution >= 4 is 5.97 Å². The predicted molar refractivity (Wildman–Crippen MR) is 62.7 cm³/mol. The Balaban J connectivity index is 2.42. The summed E-state index contributed by atoms with van der Waals surface area (Å²) in [4.78, 5) is 11.1. The number of aliphatic hydroxyl groups excluding tert-OH is 1. The predicted octanol–water partition coefficient (Wildman–Crippen LogP) is 0.411. The number of ether oxygens (including phenoxy) is 1. The van der Waals surface area contributed by atoms with Crippen LogP contribution in [0.5, 0.6) is 0 Å². The fourth-order valence-electron chi connectivity index (χ4n) is 1.44. The van der Waals surface area contributed by atoms with Crippen LogP contribution in [0.1, 0.15) is 11.6 Å². The molecule has 0 amide bonds. The first kappa shape index (κ1) is 13.6. The lowest BCUT2D eigenvalue weighted by Crippen LogP contribution is -2.31. The average Bonchev–Trinajstić information content (AvgIpc) is 2.34. The van der Waals surface area contributed by atoms with Crippen LogP contribution in [0.25, 0.3) is 0 Å². The lowest BCUT2D eigenvalue weighted by Gasteiger charge is -2.14. The van der Waals surface area contributed by atoms with Gasteiger partial charge in [-0.25, -0.2) is 0 Å². The molecule has 0 aliphatic rings. The summed E-state index contributed by atoms with van der Waals surface area (Å²) in [6, 6.07) is 8.24. The molecule has 17 heavy (non-hydrogen) atoms. The van der Waals surface area contributed by atoms with Crippen LogP contribution in [-0.2, 0) is 9.53 Å². The van der Waals surface area contributed by atoms with Crippen LogP contribution in [0.15, 0.2) is 30.3 Å². The van der Waals surface area contributed by atoms with E-state index in [0.29, 0.717) is 18.7 Å². The Labute approximate surface area is 100 Å². The van der Waals surface area contributed by atoms with E-state index < -0.39 is 12.0 Å². The first-order valence-electron chi connectivity index (χ1n) is 5.45. The van der Waals surface area contributed by atoms with Gasteiger partial charge in [0.05, 0.1) is 19.8 Å². The third kappa shape index (κ3) is 4.95. The van der Waals surface area contributed by atoms with Crippen LogP contribution in [0.2, 0.25) is 0 Å². The zero-order valence-electron chi connectivity index (χ0n) is 9.50. The fourth-order valence-corrected chi connectivity index (χ4v) is 1.44. The zero-order valence-corrected chi connectivity index (χ0v) is 9.50. The zero-order chi connectivity index (χ0) is 12.5. The van der Waals surface area contributed by atoms with Gasteiger partial charge in [-0.05, 0) is 5.56 Å². The number of hydrogen-bond acceptors (Lipinski definition) is 4. The third-order valence-electron chi connectivity index (χ3n) is 2.21. The van der Waals surface area contributed by atoms with Crippen LogP contribution in [0, 0.1) is 0 Å². The number of rotatable bonds is 8.